The highest BCUT2D eigenvalue weighted by atomic mass is 16.5. The first-order valence-corrected chi connectivity index (χ1v) is 10.7. The molecule has 1 atom stereocenters. The van der Waals surface area contributed by atoms with Crippen molar-refractivity contribution < 1.29 is 14.8 Å². The fraction of sp³-hybridized carbons (Fsp3) is 0.208. The number of amides is 2. The predicted molar refractivity (Wildman–Crippen MR) is 126 cm³/mol. The van der Waals surface area contributed by atoms with Gasteiger partial charge in [0.1, 0.15) is 0 Å². The van der Waals surface area contributed by atoms with E-state index in [4.69, 9.17) is 5.21 Å². The Bertz CT molecular complexity index is 1290. The molecule has 0 saturated heterocycles. The molecule has 2 aromatic carbocycles. The van der Waals surface area contributed by atoms with Crippen molar-refractivity contribution >= 4 is 34.6 Å². The second-order valence-corrected chi connectivity index (χ2v) is 8.18. The highest BCUT2D eigenvalue weighted by Gasteiger charge is 2.27. The maximum Gasteiger partial charge on any atom is 0.277 e. The molecule has 0 bridgehead atoms. The van der Waals surface area contributed by atoms with Crippen molar-refractivity contribution in [3.8, 4) is 11.1 Å². The van der Waals surface area contributed by atoms with Crippen LogP contribution in [0.15, 0.2) is 59.2 Å². The van der Waals surface area contributed by atoms with Crippen molar-refractivity contribution in [2.45, 2.75) is 26.2 Å². The molecule has 5 N–H and O–H groups in total. The maximum atomic E-state index is 11.5. The van der Waals surface area contributed by atoms with Gasteiger partial charge < -0.3 is 15.6 Å². The highest BCUT2D eigenvalue weighted by molar-refractivity contribution is 6.11. The summed E-state index contributed by atoms with van der Waals surface area (Å²) in [5.74, 6) is -0.687. The third kappa shape index (κ3) is 4.11. The summed E-state index contributed by atoms with van der Waals surface area (Å²) in [6.07, 6.45) is 3.63. The van der Waals surface area contributed by atoms with Gasteiger partial charge in [-0.15, -0.1) is 0 Å². The van der Waals surface area contributed by atoms with Crippen LogP contribution < -0.4 is 16.1 Å². The molecule has 2 aliphatic heterocycles. The summed E-state index contributed by atoms with van der Waals surface area (Å²) in [5, 5.41) is 15.9. The maximum absolute atomic E-state index is 11.5. The van der Waals surface area contributed by atoms with Gasteiger partial charge in [-0.3, -0.25) is 24.7 Å². The summed E-state index contributed by atoms with van der Waals surface area (Å²) in [6, 6.07) is 14.2. The number of carbonyl (C=O) groups excluding carboxylic acids is 2. The largest absolute Gasteiger partial charge is 0.358 e. The Hall–Kier alpha value is -3.95. The molecule has 5 rings (SSSR count). The van der Waals surface area contributed by atoms with Crippen LogP contribution in [0.1, 0.15) is 18.2 Å². The number of aromatic nitrogens is 1. The molecule has 1 aromatic heterocycles. The van der Waals surface area contributed by atoms with E-state index in [9.17, 15) is 9.59 Å². The van der Waals surface area contributed by atoms with Crippen LogP contribution >= 0.6 is 0 Å². The third-order valence-electron chi connectivity index (χ3n) is 6.00. The number of anilines is 1. The first kappa shape index (κ1) is 20.9. The standard InChI is InChI=1S/C24H24N6O3/c1-14(31)27-18-5-2-15(3-6-18)16-4-7-21-19(10-16)20-13-30(9-8-22(20)28-21)24-25-11-17(12-26-24)23(32)29-33/h2-7,10-12,24-25,28,33H,8-9,13H2,1H3,(H,27,31)(H,29,32). The molecule has 168 valence electrons. The van der Waals surface area contributed by atoms with Crippen LogP contribution in [0, 0.1) is 0 Å². The second kappa shape index (κ2) is 8.53. The number of H-pyrrole nitrogens is 1. The Morgan fingerprint density at radius 3 is 2.64 bits per heavy atom. The molecule has 0 radical (unpaired) electrons. The first-order valence-electron chi connectivity index (χ1n) is 10.7. The molecule has 0 saturated carbocycles. The molecule has 3 heterocycles. The van der Waals surface area contributed by atoms with Gasteiger partial charge in [0.15, 0.2) is 6.29 Å². The Kier molecular flexibility index (Phi) is 5.41. The lowest BCUT2D eigenvalue weighted by molar-refractivity contribution is -0.124. The lowest BCUT2D eigenvalue weighted by atomic mass is 9.99. The molecule has 33 heavy (non-hydrogen) atoms. The zero-order valence-corrected chi connectivity index (χ0v) is 18.1. The highest BCUT2D eigenvalue weighted by Crippen LogP contribution is 2.32. The van der Waals surface area contributed by atoms with Crippen LogP contribution in [0.5, 0.6) is 0 Å². The van der Waals surface area contributed by atoms with Crippen LogP contribution in [0.2, 0.25) is 0 Å². The van der Waals surface area contributed by atoms with Crippen molar-refractivity contribution in [2.75, 3.05) is 11.9 Å². The number of hydroxylamine groups is 1. The van der Waals surface area contributed by atoms with Crippen LogP contribution in [0.25, 0.3) is 22.0 Å². The summed E-state index contributed by atoms with van der Waals surface area (Å²) in [5.41, 5.74) is 8.41. The van der Waals surface area contributed by atoms with E-state index in [-0.39, 0.29) is 17.8 Å². The quantitative estimate of drug-likeness (QED) is 0.313. The van der Waals surface area contributed by atoms with E-state index in [2.05, 4.69) is 43.7 Å². The fourth-order valence-corrected chi connectivity index (χ4v) is 4.36. The van der Waals surface area contributed by atoms with Gasteiger partial charge in [-0.2, -0.15) is 0 Å². The molecule has 9 heteroatoms. The second-order valence-electron chi connectivity index (χ2n) is 8.18. The minimum absolute atomic E-state index is 0.0900. The predicted octanol–water partition coefficient (Wildman–Crippen LogP) is 2.50. The van der Waals surface area contributed by atoms with Gasteiger partial charge in [-0.05, 0) is 41.0 Å². The Labute approximate surface area is 190 Å². The van der Waals surface area contributed by atoms with E-state index >= 15 is 0 Å². The van der Waals surface area contributed by atoms with Crippen molar-refractivity contribution in [1.82, 2.24) is 20.7 Å². The summed E-state index contributed by atoms with van der Waals surface area (Å²) in [7, 11) is 0. The number of fused-ring (bicyclic) bond motifs is 3. The summed E-state index contributed by atoms with van der Waals surface area (Å²) in [4.78, 5) is 33.0. The minimum atomic E-state index is -0.597. The van der Waals surface area contributed by atoms with Gasteiger partial charge in [0.2, 0.25) is 5.91 Å². The number of hydrogen-bond donors (Lipinski definition) is 5. The molecular weight excluding hydrogens is 420 g/mol. The first-order chi connectivity index (χ1) is 16.0. The molecule has 3 aromatic rings. The Balaban J connectivity index is 1.38. The Morgan fingerprint density at radius 1 is 1.15 bits per heavy atom. The van der Waals surface area contributed by atoms with E-state index < -0.39 is 5.91 Å². The van der Waals surface area contributed by atoms with Crippen molar-refractivity contribution in [1.29, 1.82) is 0 Å². The van der Waals surface area contributed by atoms with Gasteiger partial charge in [0.25, 0.3) is 5.91 Å². The lowest BCUT2D eigenvalue weighted by Gasteiger charge is -2.33. The molecule has 0 aliphatic carbocycles. The number of nitrogens with zero attached hydrogens (tertiary/aromatic N) is 2. The van der Waals surface area contributed by atoms with E-state index in [1.165, 1.54) is 29.8 Å². The number of aliphatic imine (C=N–C) groups is 1. The van der Waals surface area contributed by atoms with Gasteiger partial charge in [-0.1, -0.05) is 18.2 Å². The fourth-order valence-electron chi connectivity index (χ4n) is 4.36. The monoisotopic (exact) mass is 444 g/mol. The van der Waals surface area contributed by atoms with Gasteiger partial charge in [0.05, 0.1) is 5.57 Å². The minimum Gasteiger partial charge on any atom is -0.358 e. The zero-order chi connectivity index (χ0) is 22.9. The Morgan fingerprint density at radius 2 is 1.94 bits per heavy atom. The van der Waals surface area contributed by atoms with Crippen molar-refractivity contribution in [2.24, 2.45) is 4.99 Å². The average Bonchev–Trinajstić information content (AvgIpc) is 3.21. The number of rotatable bonds is 4. The van der Waals surface area contributed by atoms with Crippen molar-refractivity contribution in [3.05, 3.63) is 65.5 Å². The van der Waals surface area contributed by atoms with Crippen molar-refractivity contribution in [3.63, 3.8) is 0 Å². The molecule has 9 nitrogen and oxygen atoms in total. The number of carbonyl (C=O) groups is 2. The number of nitrogens with one attached hydrogen (secondary N) is 4. The van der Waals surface area contributed by atoms with E-state index in [0.717, 1.165) is 35.3 Å². The summed E-state index contributed by atoms with van der Waals surface area (Å²) < 4.78 is 0. The molecule has 0 spiro atoms. The molecule has 0 fully saturated rings. The third-order valence-corrected chi connectivity index (χ3v) is 6.00. The van der Waals surface area contributed by atoms with Crippen LogP contribution in [-0.2, 0) is 22.6 Å². The smallest absolute Gasteiger partial charge is 0.277 e. The summed E-state index contributed by atoms with van der Waals surface area (Å²) in [6.45, 7) is 3.03. The zero-order valence-electron chi connectivity index (χ0n) is 18.1. The topological polar surface area (TPSA) is 122 Å². The van der Waals surface area contributed by atoms with Gasteiger partial charge in [0, 0.05) is 61.1 Å². The molecule has 1 unspecified atom stereocenters. The number of benzene rings is 2. The van der Waals surface area contributed by atoms with Gasteiger partial charge >= 0.3 is 0 Å². The SMILES string of the molecule is CC(=O)Nc1ccc(-c2ccc3[nH]c4c(c3c2)CN(C2N=CC(C(=O)NO)=CN2)CC4)cc1. The van der Waals surface area contributed by atoms with E-state index in [1.807, 2.05) is 24.3 Å². The number of hydrogen-bond acceptors (Lipinski definition) is 6. The van der Waals surface area contributed by atoms with Crippen LogP contribution in [0.4, 0.5) is 5.69 Å². The van der Waals surface area contributed by atoms with E-state index in [0.29, 0.717) is 6.54 Å². The summed E-state index contributed by atoms with van der Waals surface area (Å²) >= 11 is 0. The molecule has 2 amide bonds. The van der Waals surface area contributed by atoms with E-state index in [1.54, 1.807) is 11.7 Å². The number of aromatic amines is 1. The lowest BCUT2D eigenvalue weighted by Crippen LogP contribution is -2.46. The molecular formula is C24H24N6O3. The average molecular weight is 444 g/mol. The van der Waals surface area contributed by atoms with Crippen LogP contribution in [-0.4, -0.2) is 46.0 Å². The molecule has 2 aliphatic rings. The van der Waals surface area contributed by atoms with Gasteiger partial charge in [-0.25, -0.2) is 5.48 Å². The normalized spacial score (nSPS) is 17.8. The van der Waals surface area contributed by atoms with Crippen LogP contribution in [0.3, 0.4) is 0 Å².